The van der Waals surface area contributed by atoms with Gasteiger partial charge in [-0.3, -0.25) is 4.98 Å². The molecule has 1 N–H and O–H groups in total. The van der Waals surface area contributed by atoms with Crippen LogP contribution in [0, 0.1) is 0 Å². The van der Waals surface area contributed by atoms with E-state index in [1.165, 1.54) is 10.4 Å². The van der Waals surface area contributed by atoms with E-state index in [2.05, 4.69) is 33.5 Å². The van der Waals surface area contributed by atoms with Gasteiger partial charge < -0.3 is 4.98 Å². The minimum atomic E-state index is 1.02. The zero-order valence-corrected chi connectivity index (χ0v) is 8.21. The average molecular weight is 200 g/mol. The molecule has 0 aliphatic rings. The molecule has 2 nitrogen and oxygen atoms in total. The normalized spacial score (nSPS) is 10.9. The van der Waals surface area contributed by atoms with Crippen LogP contribution in [-0.2, 0) is 0 Å². The monoisotopic (exact) mass is 200 g/mol. The molecule has 0 atom stereocenters. The minimum Gasteiger partial charge on any atom is -0.360 e. The van der Waals surface area contributed by atoms with E-state index in [0.29, 0.717) is 0 Å². The summed E-state index contributed by atoms with van der Waals surface area (Å²) in [6.07, 6.45) is 3.83. The lowest BCUT2D eigenvalue weighted by Crippen LogP contribution is -1.77. The third kappa shape index (κ3) is 1.14. The second-order valence-electron chi connectivity index (χ2n) is 3.11. The summed E-state index contributed by atoms with van der Waals surface area (Å²) < 4.78 is 0. The third-order valence-corrected chi connectivity index (χ3v) is 3.12. The van der Waals surface area contributed by atoms with Crippen LogP contribution in [0.5, 0.6) is 0 Å². The van der Waals surface area contributed by atoms with Crippen molar-refractivity contribution in [3.8, 4) is 10.4 Å². The first kappa shape index (κ1) is 7.76. The number of nitrogens with one attached hydrogen (secondary N) is 1. The molecule has 0 aliphatic carbocycles. The van der Waals surface area contributed by atoms with Gasteiger partial charge >= 0.3 is 0 Å². The van der Waals surface area contributed by atoms with Crippen LogP contribution in [0.2, 0.25) is 0 Å². The number of aromatic amines is 1. The van der Waals surface area contributed by atoms with Crippen molar-refractivity contribution in [3.05, 3.63) is 42.0 Å². The topological polar surface area (TPSA) is 28.7 Å². The molecule has 0 spiro atoms. The van der Waals surface area contributed by atoms with Crippen molar-refractivity contribution in [2.24, 2.45) is 0 Å². The number of hydrogen-bond acceptors (Lipinski definition) is 2. The van der Waals surface area contributed by atoms with Crippen LogP contribution in [0.25, 0.3) is 21.5 Å². The van der Waals surface area contributed by atoms with Gasteiger partial charge in [-0.1, -0.05) is 6.07 Å². The van der Waals surface area contributed by atoms with Crippen molar-refractivity contribution in [2.45, 2.75) is 0 Å². The van der Waals surface area contributed by atoms with Crippen LogP contribution >= 0.6 is 11.3 Å². The van der Waals surface area contributed by atoms with Crippen molar-refractivity contribution in [2.75, 3.05) is 0 Å². The van der Waals surface area contributed by atoms with Gasteiger partial charge in [0.25, 0.3) is 0 Å². The summed E-state index contributed by atoms with van der Waals surface area (Å²) in [5.74, 6) is 0. The molecule has 3 rings (SSSR count). The number of aromatic nitrogens is 2. The van der Waals surface area contributed by atoms with Crippen molar-refractivity contribution in [1.82, 2.24) is 9.97 Å². The molecule has 0 fully saturated rings. The average Bonchev–Trinajstić information content (AvgIpc) is 2.88. The molecule has 3 heteroatoms. The predicted molar refractivity (Wildman–Crippen MR) is 59.4 cm³/mol. The molecule has 3 aromatic rings. The largest absolute Gasteiger partial charge is 0.360 e. The summed E-state index contributed by atoms with van der Waals surface area (Å²) in [4.78, 5) is 8.79. The first-order chi connectivity index (χ1) is 6.93. The van der Waals surface area contributed by atoms with Crippen LogP contribution in [0.3, 0.4) is 0 Å². The smallest absolute Gasteiger partial charge is 0.0879 e. The minimum absolute atomic E-state index is 1.02. The van der Waals surface area contributed by atoms with E-state index >= 15 is 0 Å². The Balaban J connectivity index is 2.23. The molecule has 0 aromatic carbocycles. The lowest BCUT2D eigenvalue weighted by Gasteiger charge is -1.96. The van der Waals surface area contributed by atoms with E-state index in [1.54, 1.807) is 11.3 Å². The molecule has 0 bridgehead atoms. The van der Waals surface area contributed by atoms with Crippen molar-refractivity contribution >= 4 is 22.4 Å². The fourth-order valence-electron chi connectivity index (χ4n) is 1.51. The van der Waals surface area contributed by atoms with E-state index in [1.807, 2.05) is 18.5 Å². The van der Waals surface area contributed by atoms with E-state index in [9.17, 15) is 0 Å². The highest BCUT2D eigenvalue weighted by atomic mass is 32.1. The summed E-state index contributed by atoms with van der Waals surface area (Å²) >= 11 is 1.73. The molecule has 0 saturated heterocycles. The molecular weight excluding hydrogens is 192 g/mol. The fraction of sp³-hybridized carbons (Fsp3) is 0. The highest BCUT2D eigenvalue weighted by Gasteiger charge is 2.01. The van der Waals surface area contributed by atoms with Gasteiger partial charge in [0.05, 0.1) is 11.0 Å². The van der Waals surface area contributed by atoms with Crippen LogP contribution in [0.4, 0.5) is 0 Å². The third-order valence-electron chi connectivity index (χ3n) is 2.20. The molecule has 0 saturated carbocycles. The van der Waals surface area contributed by atoms with Gasteiger partial charge in [-0.05, 0) is 23.6 Å². The zero-order chi connectivity index (χ0) is 9.38. The van der Waals surface area contributed by atoms with Crippen LogP contribution in [0.15, 0.2) is 42.0 Å². The van der Waals surface area contributed by atoms with Crippen molar-refractivity contribution < 1.29 is 0 Å². The number of thiophene rings is 1. The Labute approximate surface area is 85.2 Å². The Kier molecular flexibility index (Phi) is 1.64. The first-order valence-electron chi connectivity index (χ1n) is 4.40. The van der Waals surface area contributed by atoms with Crippen LogP contribution < -0.4 is 0 Å². The molecule has 3 aromatic heterocycles. The van der Waals surface area contributed by atoms with Gasteiger partial charge in [-0.2, -0.15) is 0 Å². The summed E-state index contributed by atoms with van der Waals surface area (Å²) in [6.45, 7) is 0. The standard InChI is InChI=1S/C11H8N2S/c1-2-11(14-5-1)8-6-10-9(13-7-8)3-4-12-10/h1-7,12H. The number of rotatable bonds is 1. The molecule has 0 aliphatic heterocycles. The summed E-state index contributed by atoms with van der Waals surface area (Å²) in [5.41, 5.74) is 3.29. The lowest BCUT2D eigenvalue weighted by atomic mass is 10.2. The zero-order valence-electron chi connectivity index (χ0n) is 7.40. The van der Waals surface area contributed by atoms with Gasteiger partial charge in [-0.15, -0.1) is 11.3 Å². The van der Waals surface area contributed by atoms with E-state index in [4.69, 9.17) is 0 Å². The van der Waals surface area contributed by atoms with E-state index in [-0.39, 0.29) is 0 Å². The van der Waals surface area contributed by atoms with Gasteiger partial charge in [0.15, 0.2) is 0 Å². The predicted octanol–water partition coefficient (Wildman–Crippen LogP) is 3.29. The molecule has 0 radical (unpaired) electrons. The van der Waals surface area contributed by atoms with Crippen LogP contribution in [0.1, 0.15) is 0 Å². The van der Waals surface area contributed by atoms with E-state index < -0.39 is 0 Å². The quantitative estimate of drug-likeness (QED) is 0.641. The van der Waals surface area contributed by atoms with Gasteiger partial charge in [0.2, 0.25) is 0 Å². The SMILES string of the molecule is c1csc(-c2cnc3cc[nH]c3c2)c1. The van der Waals surface area contributed by atoms with Crippen LogP contribution in [-0.4, -0.2) is 9.97 Å². The molecule has 0 unspecified atom stereocenters. The lowest BCUT2D eigenvalue weighted by molar-refractivity contribution is 1.41. The maximum atomic E-state index is 4.37. The number of fused-ring (bicyclic) bond motifs is 1. The fourth-order valence-corrected chi connectivity index (χ4v) is 2.22. The Hall–Kier alpha value is -1.61. The summed E-state index contributed by atoms with van der Waals surface area (Å²) in [7, 11) is 0. The Bertz CT molecular complexity index is 551. The first-order valence-corrected chi connectivity index (χ1v) is 5.28. The Morgan fingerprint density at radius 1 is 1.29 bits per heavy atom. The maximum absolute atomic E-state index is 4.37. The van der Waals surface area contributed by atoms with Crippen molar-refractivity contribution in [1.29, 1.82) is 0 Å². The molecule has 14 heavy (non-hydrogen) atoms. The number of hydrogen-bond donors (Lipinski definition) is 1. The highest BCUT2D eigenvalue weighted by molar-refractivity contribution is 7.13. The molecule has 0 amide bonds. The Morgan fingerprint density at radius 3 is 3.14 bits per heavy atom. The van der Waals surface area contributed by atoms with Gasteiger partial charge in [-0.25, -0.2) is 0 Å². The molecular formula is C11H8N2S. The highest BCUT2D eigenvalue weighted by Crippen LogP contribution is 2.25. The van der Waals surface area contributed by atoms with Gasteiger partial charge in [0.1, 0.15) is 0 Å². The van der Waals surface area contributed by atoms with Gasteiger partial charge in [0, 0.05) is 22.8 Å². The second kappa shape index (κ2) is 2.96. The number of pyridine rings is 1. The summed E-state index contributed by atoms with van der Waals surface area (Å²) in [6, 6.07) is 8.27. The maximum Gasteiger partial charge on any atom is 0.0879 e. The number of H-pyrrole nitrogens is 1. The molecule has 68 valence electrons. The van der Waals surface area contributed by atoms with E-state index in [0.717, 1.165) is 11.0 Å². The molecule has 3 heterocycles. The van der Waals surface area contributed by atoms with Crippen molar-refractivity contribution in [3.63, 3.8) is 0 Å². The number of nitrogens with zero attached hydrogens (tertiary/aromatic N) is 1. The second-order valence-corrected chi connectivity index (χ2v) is 4.06. The Morgan fingerprint density at radius 2 is 2.29 bits per heavy atom. The summed E-state index contributed by atoms with van der Waals surface area (Å²) in [5, 5.41) is 2.08.